The summed E-state index contributed by atoms with van der Waals surface area (Å²) in [7, 11) is 1.57. The van der Waals surface area contributed by atoms with E-state index in [1.807, 2.05) is 0 Å². The van der Waals surface area contributed by atoms with Gasteiger partial charge in [0.15, 0.2) is 0 Å². The summed E-state index contributed by atoms with van der Waals surface area (Å²) in [6.45, 7) is 0.577. The largest absolute Gasteiger partial charge is 0.497 e. The number of rotatable bonds is 4. The fourth-order valence-corrected chi connectivity index (χ4v) is 1.74. The fourth-order valence-electron chi connectivity index (χ4n) is 1.74. The van der Waals surface area contributed by atoms with Gasteiger partial charge in [-0.1, -0.05) is 0 Å². The van der Waals surface area contributed by atoms with Crippen molar-refractivity contribution in [1.82, 2.24) is 9.13 Å². The second kappa shape index (κ2) is 4.97. The molecule has 6 nitrogen and oxygen atoms in total. The SMILES string of the molecule is COc1ccc(-n2cc(O)n(CCN)c2=O)cc1. The van der Waals surface area contributed by atoms with Gasteiger partial charge in [-0.3, -0.25) is 9.13 Å². The van der Waals surface area contributed by atoms with Gasteiger partial charge in [-0.25, -0.2) is 4.79 Å². The zero-order valence-electron chi connectivity index (χ0n) is 10.0. The summed E-state index contributed by atoms with van der Waals surface area (Å²) in [5.41, 5.74) is 5.73. The van der Waals surface area contributed by atoms with Crippen LogP contribution in [0, 0.1) is 0 Å². The number of imidazole rings is 1. The van der Waals surface area contributed by atoms with E-state index < -0.39 is 0 Å². The van der Waals surface area contributed by atoms with Gasteiger partial charge < -0.3 is 15.6 Å². The molecule has 0 bridgehead atoms. The molecule has 0 aliphatic heterocycles. The number of nitrogens with two attached hydrogens (primary N) is 1. The molecule has 0 spiro atoms. The molecule has 0 fully saturated rings. The van der Waals surface area contributed by atoms with Crippen LogP contribution in [0.3, 0.4) is 0 Å². The summed E-state index contributed by atoms with van der Waals surface area (Å²) < 4.78 is 7.64. The fraction of sp³-hybridized carbons (Fsp3) is 0.250. The van der Waals surface area contributed by atoms with Crippen molar-refractivity contribution in [2.45, 2.75) is 6.54 Å². The van der Waals surface area contributed by atoms with Crippen molar-refractivity contribution in [1.29, 1.82) is 0 Å². The predicted molar refractivity (Wildman–Crippen MR) is 67.3 cm³/mol. The van der Waals surface area contributed by atoms with Crippen LogP contribution in [0.1, 0.15) is 0 Å². The molecule has 18 heavy (non-hydrogen) atoms. The van der Waals surface area contributed by atoms with E-state index >= 15 is 0 Å². The maximum atomic E-state index is 12.0. The van der Waals surface area contributed by atoms with Gasteiger partial charge in [-0.2, -0.15) is 0 Å². The van der Waals surface area contributed by atoms with Gasteiger partial charge in [0.2, 0.25) is 5.88 Å². The summed E-state index contributed by atoms with van der Waals surface area (Å²) >= 11 is 0. The van der Waals surface area contributed by atoms with E-state index in [-0.39, 0.29) is 18.1 Å². The molecule has 0 unspecified atom stereocenters. The Kier molecular flexibility index (Phi) is 3.38. The number of nitrogens with zero attached hydrogens (tertiary/aromatic N) is 2. The van der Waals surface area contributed by atoms with Gasteiger partial charge in [0.25, 0.3) is 0 Å². The number of aromatic hydroxyl groups is 1. The lowest BCUT2D eigenvalue weighted by Crippen LogP contribution is -2.25. The lowest BCUT2D eigenvalue weighted by atomic mass is 10.3. The van der Waals surface area contributed by atoms with Gasteiger partial charge in [0, 0.05) is 13.1 Å². The van der Waals surface area contributed by atoms with Crippen molar-refractivity contribution in [3.05, 3.63) is 40.9 Å². The number of ether oxygens (including phenoxy) is 1. The summed E-state index contributed by atoms with van der Waals surface area (Å²) in [4.78, 5) is 12.0. The number of aromatic nitrogens is 2. The molecule has 1 aromatic carbocycles. The predicted octanol–water partition coefficient (Wildman–Crippen LogP) is 0.312. The molecule has 0 radical (unpaired) electrons. The lowest BCUT2D eigenvalue weighted by molar-refractivity contribution is 0.414. The molecule has 2 rings (SSSR count). The summed E-state index contributed by atoms with van der Waals surface area (Å²) in [6.07, 6.45) is 1.37. The Bertz CT molecular complexity index is 584. The normalized spacial score (nSPS) is 10.6. The van der Waals surface area contributed by atoms with E-state index in [9.17, 15) is 9.90 Å². The molecular formula is C12H15N3O3. The first-order chi connectivity index (χ1) is 8.67. The van der Waals surface area contributed by atoms with Crippen LogP contribution in [0.15, 0.2) is 35.3 Å². The van der Waals surface area contributed by atoms with Gasteiger partial charge in [-0.05, 0) is 24.3 Å². The van der Waals surface area contributed by atoms with Gasteiger partial charge in [-0.15, -0.1) is 0 Å². The molecule has 3 N–H and O–H groups in total. The van der Waals surface area contributed by atoms with Crippen LogP contribution in [0.25, 0.3) is 5.69 Å². The molecule has 0 saturated carbocycles. The highest BCUT2D eigenvalue weighted by Crippen LogP contribution is 2.15. The smallest absolute Gasteiger partial charge is 0.335 e. The number of methoxy groups -OCH3 is 1. The van der Waals surface area contributed by atoms with E-state index in [1.54, 1.807) is 31.4 Å². The summed E-state index contributed by atoms with van der Waals surface area (Å²) in [6, 6.07) is 6.98. The lowest BCUT2D eigenvalue weighted by Gasteiger charge is -2.03. The standard InChI is InChI=1S/C12H15N3O3/c1-18-10-4-2-9(3-5-10)15-8-11(16)14(7-6-13)12(15)17/h2-5,8,16H,6-7,13H2,1H3. The molecule has 0 amide bonds. The Morgan fingerprint density at radius 2 is 2.00 bits per heavy atom. The third-order valence-corrected chi connectivity index (χ3v) is 2.66. The monoisotopic (exact) mass is 249 g/mol. The minimum atomic E-state index is -0.317. The van der Waals surface area contributed by atoms with E-state index in [2.05, 4.69) is 0 Å². The zero-order chi connectivity index (χ0) is 13.1. The van der Waals surface area contributed by atoms with Crippen LogP contribution < -0.4 is 16.2 Å². The van der Waals surface area contributed by atoms with Crippen LogP contribution in [0.4, 0.5) is 0 Å². The van der Waals surface area contributed by atoms with Crippen LogP contribution in [0.5, 0.6) is 11.6 Å². The minimum absolute atomic E-state index is 0.0960. The highest BCUT2D eigenvalue weighted by atomic mass is 16.5. The quantitative estimate of drug-likeness (QED) is 0.817. The van der Waals surface area contributed by atoms with Gasteiger partial charge in [0.05, 0.1) is 19.0 Å². The molecule has 0 saturated heterocycles. The summed E-state index contributed by atoms with van der Waals surface area (Å²) in [5, 5.41) is 9.67. The van der Waals surface area contributed by atoms with Gasteiger partial charge in [0.1, 0.15) is 5.75 Å². The highest BCUT2D eigenvalue weighted by Gasteiger charge is 2.10. The highest BCUT2D eigenvalue weighted by molar-refractivity contribution is 5.38. The average Bonchev–Trinajstić information content (AvgIpc) is 2.67. The Morgan fingerprint density at radius 3 is 2.56 bits per heavy atom. The van der Waals surface area contributed by atoms with Crippen molar-refractivity contribution >= 4 is 0 Å². The van der Waals surface area contributed by atoms with E-state index in [0.29, 0.717) is 18.0 Å². The van der Waals surface area contributed by atoms with Gasteiger partial charge >= 0.3 is 5.69 Å². The topological polar surface area (TPSA) is 82.4 Å². The average molecular weight is 249 g/mol. The number of hydrogen-bond donors (Lipinski definition) is 2. The number of benzene rings is 1. The van der Waals surface area contributed by atoms with Crippen LogP contribution in [-0.2, 0) is 6.54 Å². The molecule has 0 atom stereocenters. The molecule has 1 heterocycles. The second-order valence-electron chi connectivity index (χ2n) is 3.78. The van der Waals surface area contributed by atoms with E-state index in [0.717, 1.165) is 0 Å². The molecular weight excluding hydrogens is 234 g/mol. The Hall–Kier alpha value is -2.21. The zero-order valence-corrected chi connectivity index (χ0v) is 10.0. The molecule has 0 aliphatic rings. The van der Waals surface area contributed by atoms with Crippen molar-refractivity contribution in [2.75, 3.05) is 13.7 Å². The summed E-state index contributed by atoms with van der Waals surface area (Å²) in [5.74, 6) is 0.610. The minimum Gasteiger partial charge on any atom is -0.497 e. The second-order valence-corrected chi connectivity index (χ2v) is 3.78. The molecule has 96 valence electrons. The van der Waals surface area contributed by atoms with E-state index in [4.69, 9.17) is 10.5 Å². The van der Waals surface area contributed by atoms with Crippen molar-refractivity contribution < 1.29 is 9.84 Å². The Balaban J connectivity index is 2.44. The third kappa shape index (κ3) is 2.10. The van der Waals surface area contributed by atoms with E-state index in [1.165, 1.54) is 15.3 Å². The molecule has 2 aromatic rings. The molecule has 0 aliphatic carbocycles. The number of hydrogen-bond acceptors (Lipinski definition) is 4. The van der Waals surface area contributed by atoms with Crippen molar-refractivity contribution in [3.8, 4) is 17.3 Å². The van der Waals surface area contributed by atoms with Crippen molar-refractivity contribution in [3.63, 3.8) is 0 Å². The Labute approximate surface area is 104 Å². The van der Waals surface area contributed by atoms with Crippen LogP contribution >= 0.6 is 0 Å². The van der Waals surface area contributed by atoms with Crippen LogP contribution in [0.2, 0.25) is 0 Å². The molecule has 6 heteroatoms. The van der Waals surface area contributed by atoms with Crippen molar-refractivity contribution in [2.24, 2.45) is 5.73 Å². The maximum Gasteiger partial charge on any atom is 0.335 e. The maximum absolute atomic E-state index is 12.0. The first kappa shape index (κ1) is 12.3. The van der Waals surface area contributed by atoms with Crippen LogP contribution in [-0.4, -0.2) is 27.9 Å². The third-order valence-electron chi connectivity index (χ3n) is 2.66. The first-order valence-electron chi connectivity index (χ1n) is 5.53. The molecule has 1 aromatic heterocycles. The Morgan fingerprint density at radius 1 is 1.33 bits per heavy atom. The first-order valence-corrected chi connectivity index (χ1v) is 5.53.